The monoisotopic (exact) mass is 231 g/mol. The van der Waals surface area contributed by atoms with Gasteiger partial charge in [-0.05, 0) is 37.8 Å². The van der Waals surface area contributed by atoms with Crippen LogP contribution >= 0.6 is 0 Å². The quantitative estimate of drug-likeness (QED) is 0.777. The fraction of sp³-hybridized carbons (Fsp3) is 0.625. The largest absolute Gasteiger partial charge is 0.316 e. The van der Waals surface area contributed by atoms with Crippen molar-refractivity contribution in [3.63, 3.8) is 0 Å². The maximum atomic E-state index is 3.55. The number of nitrogens with one attached hydrogen (secondary N) is 1. The first-order valence-corrected chi connectivity index (χ1v) is 7.11. The van der Waals surface area contributed by atoms with Crippen LogP contribution in [0.3, 0.4) is 0 Å². The zero-order valence-corrected chi connectivity index (χ0v) is 11.0. The lowest BCUT2D eigenvalue weighted by molar-refractivity contribution is 0.332. The van der Waals surface area contributed by atoms with Crippen molar-refractivity contribution < 1.29 is 0 Å². The van der Waals surface area contributed by atoms with Crippen molar-refractivity contribution in [1.29, 1.82) is 0 Å². The molecule has 1 aliphatic rings. The standard InChI is InChI=1S/C16H25N/c1-17-16(13-14-9-5-4-6-10-14)15-11-7-2-3-8-12-15/h4-6,9-10,15-17H,2-3,7-8,11-13H2,1H3. The highest BCUT2D eigenvalue weighted by Gasteiger charge is 2.21. The summed E-state index contributed by atoms with van der Waals surface area (Å²) in [4.78, 5) is 0. The second-order valence-corrected chi connectivity index (χ2v) is 5.34. The Morgan fingerprint density at radius 3 is 2.29 bits per heavy atom. The van der Waals surface area contributed by atoms with Crippen LogP contribution in [0.4, 0.5) is 0 Å². The Morgan fingerprint density at radius 1 is 1.06 bits per heavy atom. The summed E-state index contributed by atoms with van der Waals surface area (Å²) in [6.07, 6.45) is 9.75. The molecule has 1 atom stereocenters. The van der Waals surface area contributed by atoms with E-state index >= 15 is 0 Å². The molecule has 0 radical (unpaired) electrons. The molecule has 94 valence electrons. The molecule has 0 aromatic heterocycles. The molecule has 1 unspecified atom stereocenters. The fourth-order valence-corrected chi connectivity index (χ4v) is 3.09. The van der Waals surface area contributed by atoms with E-state index < -0.39 is 0 Å². The van der Waals surface area contributed by atoms with E-state index in [2.05, 4.69) is 42.7 Å². The number of benzene rings is 1. The van der Waals surface area contributed by atoms with Crippen LogP contribution in [0, 0.1) is 5.92 Å². The maximum Gasteiger partial charge on any atom is 0.0133 e. The molecule has 1 saturated carbocycles. The van der Waals surface area contributed by atoms with Gasteiger partial charge in [-0.2, -0.15) is 0 Å². The van der Waals surface area contributed by atoms with E-state index in [1.54, 1.807) is 0 Å². The van der Waals surface area contributed by atoms with Gasteiger partial charge in [0, 0.05) is 6.04 Å². The minimum atomic E-state index is 0.663. The lowest BCUT2D eigenvalue weighted by Gasteiger charge is -2.26. The molecule has 0 bridgehead atoms. The van der Waals surface area contributed by atoms with Gasteiger partial charge in [0.1, 0.15) is 0 Å². The summed E-state index contributed by atoms with van der Waals surface area (Å²) in [7, 11) is 2.12. The molecule has 1 heteroatoms. The lowest BCUT2D eigenvalue weighted by Crippen LogP contribution is -2.35. The van der Waals surface area contributed by atoms with Crippen LogP contribution in [0.25, 0.3) is 0 Å². The first-order chi connectivity index (χ1) is 8.40. The molecule has 0 amide bonds. The van der Waals surface area contributed by atoms with Crippen LogP contribution < -0.4 is 5.32 Å². The molecule has 1 aromatic carbocycles. The van der Waals surface area contributed by atoms with Gasteiger partial charge in [0.05, 0.1) is 0 Å². The highest BCUT2D eigenvalue weighted by molar-refractivity contribution is 5.16. The van der Waals surface area contributed by atoms with E-state index in [1.807, 2.05) is 0 Å². The molecule has 0 heterocycles. The highest BCUT2D eigenvalue weighted by Crippen LogP contribution is 2.27. The molecule has 17 heavy (non-hydrogen) atoms. The second kappa shape index (κ2) is 6.80. The molecule has 1 nitrogen and oxygen atoms in total. The van der Waals surface area contributed by atoms with E-state index in [1.165, 1.54) is 50.5 Å². The lowest BCUT2D eigenvalue weighted by atomic mass is 9.88. The first-order valence-electron chi connectivity index (χ1n) is 7.11. The van der Waals surface area contributed by atoms with Crippen molar-refractivity contribution in [2.75, 3.05) is 7.05 Å². The van der Waals surface area contributed by atoms with E-state index in [-0.39, 0.29) is 0 Å². The normalized spacial score (nSPS) is 19.8. The summed E-state index contributed by atoms with van der Waals surface area (Å²) in [5.74, 6) is 0.878. The van der Waals surface area contributed by atoms with Crippen molar-refractivity contribution >= 4 is 0 Å². The molecule has 1 N–H and O–H groups in total. The zero-order valence-electron chi connectivity index (χ0n) is 11.0. The third-order valence-electron chi connectivity index (χ3n) is 4.14. The van der Waals surface area contributed by atoms with E-state index in [9.17, 15) is 0 Å². The third-order valence-corrected chi connectivity index (χ3v) is 4.14. The molecule has 0 spiro atoms. The third kappa shape index (κ3) is 3.85. The van der Waals surface area contributed by atoms with E-state index in [0.717, 1.165) is 5.92 Å². The number of rotatable bonds is 4. The SMILES string of the molecule is CNC(Cc1ccccc1)C1CCCCCC1. The van der Waals surface area contributed by atoms with E-state index in [0.29, 0.717) is 6.04 Å². The van der Waals surface area contributed by atoms with Crippen LogP contribution in [0.5, 0.6) is 0 Å². The molecule has 2 rings (SSSR count). The van der Waals surface area contributed by atoms with Crippen LogP contribution in [-0.4, -0.2) is 13.1 Å². The number of hydrogen-bond acceptors (Lipinski definition) is 1. The van der Waals surface area contributed by atoms with Gasteiger partial charge in [-0.15, -0.1) is 0 Å². The topological polar surface area (TPSA) is 12.0 Å². The summed E-state index contributed by atoms with van der Waals surface area (Å²) in [6.45, 7) is 0. The van der Waals surface area contributed by atoms with Gasteiger partial charge >= 0.3 is 0 Å². The molecular formula is C16H25N. The van der Waals surface area contributed by atoms with Crippen LogP contribution in [-0.2, 0) is 6.42 Å². The van der Waals surface area contributed by atoms with Gasteiger partial charge in [0.25, 0.3) is 0 Å². The summed E-state index contributed by atoms with van der Waals surface area (Å²) < 4.78 is 0. The summed E-state index contributed by atoms with van der Waals surface area (Å²) in [5, 5.41) is 3.55. The van der Waals surface area contributed by atoms with Gasteiger partial charge in [0.2, 0.25) is 0 Å². The zero-order chi connectivity index (χ0) is 11.9. The average Bonchev–Trinajstić information content (AvgIpc) is 2.66. The smallest absolute Gasteiger partial charge is 0.0133 e. The van der Waals surface area contributed by atoms with Crippen molar-refractivity contribution in [3.05, 3.63) is 35.9 Å². The van der Waals surface area contributed by atoms with E-state index in [4.69, 9.17) is 0 Å². The Kier molecular flexibility index (Phi) is 5.06. The van der Waals surface area contributed by atoms with Gasteiger partial charge in [-0.1, -0.05) is 56.0 Å². The molecule has 1 aromatic rings. The van der Waals surface area contributed by atoms with Crippen LogP contribution in [0.15, 0.2) is 30.3 Å². The van der Waals surface area contributed by atoms with Gasteiger partial charge in [-0.25, -0.2) is 0 Å². The van der Waals surface area contributed by atoms with Gasteiger partial charge < -0.3 is 5.32 Å². The molecular weight excluding hydrogens is 206 g/mol. The second-order valence-electron chi connectivity index (χ2n) is 5.34. The Morgan fingerprint density at radius 2 is 1.71 bits per heavy atom. The highest BCUT2D eigenvalue weighted by atomic mass is 14.9. The molecule has 1 fully saturated rings. The Labute approximate surface area is 106 Å². The predicted molar refractivity (Wildman–Crippen MR) is 74.2 cm³/mol. The predicted octanol–water partition coefficient (Wildman–Crippen LogP) is 3.79. The van der Waals surface area contributed by atoms with Crippen molar-refractivity contribution in [1.82, 2.24) is 5.32 Å². The maximum absolute atomic E-state index is 3.55. The molecule has 0 aliphatic heterocycles. The Bertz CT molecular complexity index is 299. The molecule has 0 saturated heterocycles. The summed E-state index contributed by atoms with van der Waals surface area (Å²) in [5.41, 5.74) is 1.47. The fourth-order valence-electron chi connectivity index (χ4n) is 3.09. The van der Waals surface area contributed by atoms with Crippen molar-refractivity contribution in [3.8, 4) is 0 Å². The van der Waals surface area contributed by atoms with Crippen molar-refractivity contribution in [2.45, 2.75) is 51.0 Å². The molecule has 1 aliphatic carbocycles. The van der Waals surface area contributed by atoms with Gasteiger partial charge in [-0.3, -0.25) is 0 Å². The average molecular weight is 231 g/mol. The minimum absolute atomic E-state index is 0.663. The Balaban J connectivity index is 1.95. The summed E-state index contributed by atoms with van der Waals surface area (Å²) in [6, 6.07) is 11.6. The minimum Gasteiger partial charge on any atom is -0.316 e. The van der Waals surface area contributed by atoms with Crippen LogP contribution in [0.1, 0.15) is 44.1 Å². The number of likely N-dealkylation sites (N-methyl/N-ethyl adjacent to an activating group) is 1. The first kappa shape index (κ1) is 12.6. The van der Waals surface area contributed by atoms with Crippen LogP contribution in [0.2, 0.25) is 0 Å². The summed E-state index contributed by atoms with van der Waals surface area (Å²) >= 11 is 0. The Hall–Kier alpha value is -0.820. The van der Waals surface area contributed by atoms with Crippen molar-refractivity contribution in [2.24, 2.45) is 5.92 Å². The number of hydrogen-bond donors (Lipinski definition) is 1. The van der Waals surface area contributed by atoms with Gasteiger partial charge in [0.15, 0.2) is 0 Å².